The number of benzene rings is 2. The summed E-state index contributed by atoms with van der Waals surface area (Å²) in [7, 11) is 0. The van der Waals surface area contributed by atoms with Crippen molar-refractivity contribution in [3.63, 3.8) is 0 Å². The first-order chi connectivity index (χ1) is 13.2. The van der Waals surface area contributed by atoms with E-state index in [1.165, 1.54) is 17.4 Å². The normalized spacial score (nSPS) is 11.3. The first-order valence-electron chi connectivity index (χ1n) is 8.30. The number of hydrogen-bond donors (Lipinski definition) is 0. The summed E-state index contributed by atoms with van der Waals surface area (Å²) < 4.78 is 12.9. The van der Waals surface area contributed by atoms with Gasteiger partial charge in [0, 0.05) is 17.5 Å². The number of ether oxygens (including phenoxy) is 1. The van der Waals surface area contributed by atoms with Crippen molar-refractivity contribution in [2.75, 3.05) is 0 Å². The van der Waals surface area contributed by atoms with Crippen LogP contribution in [-0.4, -0.2) is 14.6 Å². The van der Waals surface area contributed by atoms with Crippen LogP contribution < -0.4 is 10.4 Å². The molecule has 0 aliphatic rings. The minimum absolute atomic E-state index is 0.401. The summed E-state index contributed by atoms with van der Waals surface area (Å²) in [6.45, 7) is 1.91. The van der Waals surface area contributed by atoms with Gasteiger partial charge in [0.1, 0.15) is 11.3 Å². The minimum Gasteiger partial charge on any atom is -0.430 e. The molecule has 0 aliphatic carbocycles. The molecule has 0 bridgehead atoms. The predicted octanol–water partition coefficient (Wildman–Crippen LogP) is 4.66. The smallest absolute Gasteiger partial charge is 0.336 e. The maximum atomic E-state index is 12.0. The third kappa shape index (κ3) is 2.88. The molecular weight excluding hydrogens is 362 g/mol. The molecule has 0 unspecified atom stereocenters. The van der Waals surface area contributed by atoms with Crippen molar-refractivity contribution in [1.82, 2.24) is 14.6 Å². The highest BCUT2D eigenvalue weighted by molar-refractivity contribution is 7.18. The van der Waals surface area contributed by atoms with Crippen molar-refractivity contribution >= 4 is 27.3 Å². The van der Waals surface area contributed by atoms with Gasteiger partial charge in [0.05, 0.1) is 11.9 Å². The summed E-state index contributed by atoms with van der Waals surface area (Å²) in [5.74, 6) is 0.546. The molecule has 0 saturated heterocycles. The first-order valence-corrected chi connectivity index (χ1v) is 9.11. The van der Waals surface area contributed by atoms with Gasteiger partial charge in [-0.2, -0.15) is 0 Å². The fourth-order valence-electron chi connectivity index (χ4n) is 3.00. The molecule has 0 amide bonds. The van der Waals surface area contributed by atoms with Gasteiger partial charge in [-0.05, 0) is 41.5 Å². The van der Waals surface area contributed by atoms with Crippen molar-refractivity contribution in [1.29, 1.82) is 0 Å². The van der Waals surface area contributed by atoms with Crippen LogP contribution in [-0.2, 0) is 0 Å². The lowest BCUT2D eigenvalue weighted by Crippen LogP contribution is -1.98. The van der Waals surface area contributed by atoms with Crippen molar-refractivity contribution in [3.8, 4) is 22.1 Å². The van der Waals surface area contributed by atoms with Gasteiger partial charge < -0.3 is 9.15 Å². The van der Waals surface area contributed by atoms with Crippen LogP contribution >= 0.6 is 11.3 Å². The molecule has 0 radical (unpaired) electrons. The Labute approximate surface area is 157 Å². The molecule has 5 rings (SSSR count). The molecule has 0 saturated carbocycles. The molecule has 0 fully saturated rings. The Kier molecular flexibility index (Phi) is 3.54. The molecule has 2 aromatic carbocycles. The van der Waals surface area contributed by atoms with Gasteiger partial charge in [-0.25, -0.2) is 14.3 Å². The maximum absolute atomic E-state index is 12.0. The predicted molar refractivity (Wildman–Crippen MR) is 104 cm³/mol. The zero-order chi connectivity index (χ0) is 18.4. The van der Waals surface area contributed by atoms with Gasteiger partial charge in [-0.3, -0.25) is 0 Å². The minimum atomic E-state index is -0.401. The summed E-state index contributed by atoms with van der Waals surface area (Å²) in [4.78, 5) is 17.2. The number of imidazole rings is 1. The van der Waals surface area contributed by atoms with E-state index in [1.807, 2.05) is 55.6 Å². The third-order valence-electron chi connectivity index (χ3n) is 4.15. The highest BCUT2D eigenvalue weighted by Gasteiger charge is 2.12. The van der Waals surface area contributed by atoms with Gasteiger partial charge in [0.15, 0.2) is 0 Å². The summed E-state index contributed by atoms with van der Waals surface area (Å²) >= 11 is 1.35. The van der Waals surface area contributed by atoms with E-state index >= 15 is 0 Å². The van der Waals surface area contributed by atoms with Crippen molar-refractivity contribution < 1.29 is 9.15 Å². The van der Waals surface area contributed by atoms with Crippen LogP contribution in [0.25, 0.3) is 27.1 Å². The van der Waals surface area contributed by atoms with E-state index in [9.17, 15) is 4.79 Å². The summed E-state index contributed by atoms with van der Waals surface area (Å²) in [6.07, 6.45) is 1.84. The maximum Gasteiger partial charge on any atom is 0.336 e. The molecule has 3 aromatic heterocycles. The van der Waals surface area contributed by atoms with Gasteiger partial charge in [-0.15, -0.1) is 5.10 Å². The van der Waals surface area contributed by atoms with Crippen LogP contribution in [0, 0.1) is 6.92 Å². The monoisotopic (exact) mass is 375 g/mol. The highest BCUT2D eigenvalue weighted by atomic mass is 32.1. The quantitative estimate of drug-likeness (QED) is 0.429. The number of fused-ring (bicyclic) bond motifs is 2. The van der Waals surface area contributed by atoms with Crippen LogP contribution in [0.15, 0.2) is 70.0 Å². The second-order valence-electron chi connectivity index (χ2n) is 6.08. The van der Waals surface area contributed by atoms with Crippen LogP contribution in [0.2, 0.25) is 0 Å². The Morgan fingerprint density at radius 1 is 1.11 bits per heavy atom. The number of rotatable bonds is 3. The topological polar surface area (TPSA) is 69.6 Å². The molecule has 0 aliphatic heterocycles. The van der Waals surface area contributed by atoms with Crippen LogP contribution in [0.1, 0.15) is 5.69 Å². The third-order valence-corrected chi connectivity index (χ3v) is 4.95. The zero-order valence-corrected chi connectivity index (χ0v) is 15.1. The van der Waals surface area contributed by atoms with Crippen LogP contribution in [0.3, 0.4) is 0 Å². The van der Waals surface area contributed by atoms with E-state index in [0.717, 1.165) is 27.2 Å². The van der Waals surface area contributed by atoms with E-state index < -0.39 is 5.63 Å². The van der Waals surface area contributed by atoms with Gasteiger partial charge in [0.25, 0.3) is 5.19 Å². The summed E-state index contributed by atoms with van der Waals surface area (Å²) in [6, 6.07) is 16.7. The number of aromatic nitrogens is 3. The Balaban J connectivity index is 1.57. The molecule has 27 heavy (non-hydrogen) atoms. The van der Waals surface area contributed by atoms with Crippen LogP contribution in [0.5, 0.6) is 10.9 Å². The second-order valence-corrected chi connectivity index (χ2v) is 7.00. The Morgan fingerprint density at radius 2 is 1.96 bits per heavy atom. The Morgan fingerprint density at radius 3 is 2.78 bits per heavy atom. The van der Waals surface area contributed by atoms with E-state index in [4.69, 9.17) is 9.15 Å². The number of aryl methyl sites for hydroxylation is 1. The lowest BCUT2D eigenvalue weighted by Gasteiger charge is -2.07. The Bertz CT molecular complexity index is 1300. The fourth-order valence-corrected chi connectivity index (χ4v) is 3.80. The molecule has 6 nitrogen and oxygen atoms in total. The van der Waals surface area contributed by atoms with E-state index in [1.54, 1.807) is 10.6 Å². The van der Waals surface area contributed by atoms with E-state index in [0.29, 0.717) is 16.5 Å². The summed E-state index contributed by atoms with van der Waals surface area (Å²) in [5.41, 5.74) is 2.76. The molecule has 0 spiro atoms. The molecule has 0 N–H and O–H groups in total. The average molecular weight is 375 g/mol. The number of hydrogen-bond acceptors (Lipinski definition) is 6. The molecule has 5 aromatic rings. The number of nitrogens with zero attached hydrogens (tertiary/aromatic N) is 3. The standard InChI is InChI=1S/C20H13N3O3S/c1-12-11-23-19(21-12)27-20(22-23)25-14-7-8-15-16(13-5-3-2-4-6-13)10-18(24)26-17(15)9-14/h2-11H,1H3. The summed E-state index contributed by atoms with van der Waals surface area (Å²) in [5, 5.41) is 5.67. The largest absolute Gasteiger partial charge is 0.430 e. The zero-order valence-electron chi connectivity index (χ0n) is 14.2. The second kappa shape index (κ2) is 6.07. The molecule has 132 valence electrons. The lowest BCUT2D eigenvalue weighted by molar-refractivity contribution is 0.468. The van der Waals surface area contributed by atoms with Gasteiger partial charge in [0.2, 0.25) is 4.96 Å². The molecular formula is C20H13N3O3S. The van der Waals surface area contributed by atoms with Gasteiger partial charge >= 0.3 is 5.63 Å². The van der Waals surface area contributed by atoms with Crippen molar-refractivity contribution in [3.05, 3.63) is 76.9 Å². The highest BCUT2D eigenvalue weighted by Crippen LogP contribution is 2.32. The molecule has 0 atom stereocenters. The average Bonchev–Trinajstić information content (AvgIpc) is 3.18. The van der Waals surface area contributed by atoms with E-state index in [-0.39, 0.29) is 0 Å². The SMILES string of the molecule is Cc1cn2nc(Oc3ccc4c(-c5ccccc5)cc(=O)oc4c3)sc2n1. The first kappa shape index (κ1) is 15.8. The van der Waals surface area contributed by atoms with Crippen LogP contribution in [0.4, 0.5) is 0 Å². The lowest BCUT2D eigenvalue weighted by atomic mass is 10.0. The van der Waals surface area contributed by atoms with Crippen molar-refractivity contribution in [2.24, 2.45) is 0 Å². The van der Waals surface area contributed by atoms with Crippen molar-refractivity contribution in [2.45, 2.75) is 6.92 Å². The molecule has 7 heteroatoms. The molecule has 3 heterocycles. The van der Waals surface area contributed by atoms with E-state index in [2.05, 4.69) is 10.1 Å². The fraction of sp³-hybridized carbons (Fsp3) is 0.0500. The van der Waals surface area contributed by atoms with Gasteiger partial charge in [-0.1, -0.05) is 30.3 Å². The Hall–Kier alpha value is -3.45.